The average molecular weight is 181 g/mol. The molecule has 2 fully saturated rings. The van der Waals surface area contributed by atoms with Crippen LogP contribution in [0.3, 0.4) is 0 Å². The summed E-state index contributed by atoms with van der Waals surface area (Å²) in [7, 11) is 0. The van der Waals surface area contributed by atoms with Gasteiger partial charge in [0.2, 0.25) is 5.91 Å². The summed E-state index contributed by atoms with van der Waals surface area (Å²) in [5.74, 6) is 1.20. The smallest absolute Gasteiger partial charge is 0.222 e. The highest BCUT2D eigenvalue weighted by molar-refractivity contribution is 5.77. The fourth-order valence-electron chi connectivity index (χ4n) is 2.88. The number of carbonyl (C=O) groups is 1. The number of nitrogens with zero attached hydrogens (tertiary/aromatic N) is 1. The normalized spacial score (nSPS) is 34.5. The first-order valence-electron chi connectivity index (χ1n) is 5.62. The van der Waals surface area contributed by atoms with Crippen LogP contribution in [0.1, 0.15) is 45.4 Å². The minimum atomic E-state index is 0.411. The van der Waals surface area contributed by atoms with Crippen LogP contribution in [0.15, 0.2) is 0 Å². The van der Waals surface area contributed by atoms with Crippen molar-refractivity contribution in [2.45, 2.75) is 51.5 Å². The Balaban J connectivity index is 2.09. The van der Waals surface area contributed by atoms with E-state index in [4.69, 9.17) is 0 Å². The third-order valence-electron chi connectivity index (χ3n) is 3.67. The Bertz CT molecular complexity index is 202. The second kappa shape index (κ2) is 3.69. The van der Waals surface area contributed by atoms with E-state index >= 15 is 0 Å². The number of piperidine rings is 2. The van der Waals surface area contributed by atoms with Crippen LogP contribution in [0.2, 0.25) is 0 Å². The van der Waals surface area contributed by atoms with Gasteiger partial charge >= 0.3 is 0 Å². The van der Waals surface area contributed by atoms with Crippen molar-refractivity contribution in [2.75, 3.05) is 6.54 Å². The molecule has 0 aromatic carbocycles. The molecule has 0 aromatic rings. The minimum absolute atomic E-state index is 0.411. The molecule has 2 aliphatic rings. The standard InChI is InChI=1S/C11H19NO/c1-2-9-6-7-11(13)12-8-4-3-5-10(9)12/h9-10H,2-8H2,1H3/t9-,10+/m0/s1. The highest BCUT2D eigenvalue weighted by Gasteiger charge is 2.35. The monoisotopic (exact) mass is 181 g/mol. The first-order chi connectivity index (χ1) is 6.33. The molecule has 2 heteroatoms. The van der Waals surface area contributed by atoms with Gasteiger partial charge in [0.25, 0.3) is 0 Å². The quantitative estimate of drug-likeness (QED) is 0.607. The predicted molar refractivity (Wildman–Crippen MR) is 52.4 cm³/mol. The van der Waals surface area contributed by atoms with Gasteiger partial charge in [-0.15, -0.1) is 0 Å². The molecule has 0 saturated carbocycles. The Morgan fingerprint density at radius 1 is 1.38 bits per heavy atom. The van der Waals surface area contributed by atoms with Crippen molar-refractivity contribution in [1.29, 1.82) is 0 Å². The van der Waals surface area contributed by atoms with Crippen molar-refractivity contribution in [3.8, 4) is 0 Å². The summed E-state index contributed by atoms with van der Waals surface area (Å²) in [5.41, 5.74) is 0. The van der Waals surface area contributed by atoms with Crippen LogP contribution in [0.5, 0.6) is 0 Å². The Labute approximate surface area is 80.3 Å². The number of hydrogen-bond acceptors (Lipinski definition) is 1. The van der Waals surface area contributed by atoms with Crippen molar-refractivity contribution in [3.05, 3.63) is 0 Å². The summed E-state index contributed by atoms with van der Waals surface area (Å²) in [6.07, 6.45) is 6.98. The molecular weight excluding hydrogens is 162 g/mol. The SMILES string of the molecule is CC[C@H]1CCC(=O)N2CCCC[C@H]12. The molecule has 1 amide bonds. The summed E-state index contributed by atoms with van der Waals surface area (Å²) < 4.78 is 0. The van der Waals surface area contributed by atoms with E-state index in [0.29, 0.717) is 11.9 Å². The zero-order chi connectivity index (χ0) is 9.26. The van der Waals surface area contributed by atoms with E-state index in [0.717, 1.165) is 25.3 Å². The summed E-state index contributed by atoms with van der Waals surface area (Å²) >= 11 is 0. The fraction of sp³-hybridized carbons (Fsp3) is 0.909. The molecule has 0 aromatic heterocycles. The number of rotatable bonds is 1. The maximum absolute atomic E-state index is 11.6. The number of amides is 1. The molecule has 0 spiro atoms. The van der Waals surface area contributed by atoms with Crippen molar-refractivity contribution >= 4 is 5.91 Å². The van der Waals surface area contributed by atoms with E-state index in [1.807, 2.05) is 0 Å². The van der Waals surface area contributed by atoms with E-state index in [2.05, 4.69) is 11.8 Å². The molecule has 0 N–H and O–H groups in total. The van der Waals surface area contributed by atoms with Crippen molar-refractivity contribution in [1.82, 2.24) is 4.90 Å². The second-order valence-corrected chi connectivity index (χ2v) is 4.36. The lowest BCUT2D eigenvalue weighted by molar-refractivity contribution is -0.140. The second-order valence-electron chi connectivity index (χ2n) is 4.36. The summed E-state index contributed by atoms with van der Waals surface area (Å²) in [5, 5.41) is 0. The summed E-state index contributed by atoms with van der Waals surface area (Å²) in [4.78, 5) is 13.8. The fourth-order valence-corrected chi connectivity index (χ4v) is 2.88. The maximum atomic E-state index is 11.6. The molecule has 2 nitrogen and oxygen atoms in total. The van der Waals surface area contributed by atoms with Gasteiger partial charge in [0.05, 0.1) is 0 Å². The van der Waals surface area contributed by atoms with Crippen LogP contribution >= 0.6 is 0 Å². The van der Waals surface area contributed by atoms with Crippen LogP contribution in [0, 0.1) is 5.92 Å². The van der Waals surface area contributed by atoms with Crippen LogP contribution in [-0.2, 0) is 4.79 Å². The lowest BCUT2D eigenvalue weighted by Crippen LogP contribution is -2.50. The van der Waals surface area contributed by atoms with E-state index in [1.54, 1.807) is 0 Å². The van der Waals surface area contributed by atoms with E-state index in [9.17, 15) is 4.79 Å². The zero-order valence-corrected chi connectivity index (χ0v) is 8.46. The van der Waals surface area contributed by atoms with Gasteiger partial charge < -0.3 is 4.90 Å². The molecule has 2 heterocycles. The number of fused-ring (bicyclic) bond motifs is 1. The van der Waals surface area contributed by atoms with Gasteiger partial charge in [-0.2, -0.15) is 0 Å². The van der Waals surface area contributed by atoms with Crippen LogP contribution in [-0.4, -0.2) is 23.4 Å². The number of hydrogen-bond donors (Lipinski definition) is 0. The van der Waals surface area contributed by atoms with E-state index < -0.39 is 0 Å². The van der Waals surface area contributed by atoms with Crippen molar-refractivity contribution in [3.63, 3.8) is 0 Å². The molecule has 2 saturated heterocycles. The molecule has 74 valence electrons. The Morgan fingerprint density at radius 2 is 2.23 bits per heavy atom. The number of carbonyl (C=O) groups excluding carboxylic acids is 1. The zero-order valence-electron chi connectivity index (χ0n) is 8.46. The molecular formula is C11H19NO. The topological polar surface area (TPSA) is 20.3 Å². The lowest BCUT2D eigenvalue weighted by atomic mass is 9.82. The summed E-state index contributed by atoms with van der Waals surface area (Å²) in [6, 6.07) is 0.597. The Hall–Kier alpha value is -0.530. The van der Waals surface area contributed by atoms with Gasteiger partial charge in [-0.1, -0.05) is 13.3 Å². The van der Waals surface area contributed by atoms with Crippen molar-refractivity contribution in [2.24, 2.45) is 5.92 Å². The van der Waals surface area contributed by atoms with Crippen LogP contribution in [0.25, 0.3) is 0 Å². The van der Waals surface area contributed by atoms with Gasteiger partial charge in [0.1, 0.15) is 0 Å². The van der Waals surface area contributed by atoms with E-state index in [1.165, 1.54) is 25.7 Å². The lowest BCUT2D eigenvalue weighted by Gasteiger charge is -2.44. The molecule has 0 radical (unpaired) electrons. The van der Waals surface area contributed by atoms with Gasteiger partial charge in [0, 0.05) is 19.0 Å². The van der Waals surface area contributed by atoms with Gasteiger partial charge in [-0.25, -0.2) is 0 Å². The van der Waals surface area contributed by atoms with Crippen LogP contribution < -0.4 is 0 Å². The van der Waals surface area contributed by atoms with Crippen molar-refractivity contribution < 1.29 is 4.79 Å². The highest BCUT2D eigenvalue weighted by atomic mass is 16.2. The first-order valence-corrected chi connectivity index (χ1v) is 5.62. The molecule has 2 aliphatic heterocycles. The average Bonchev–Trinajstić information content (AvgIpc) is 2.19. The third-order valence-corrected chi connectivity index (χ3v) is 3.67. The van der Waals surface area contributed by atoms with Crippen LogP contribution in [0.4, 0.5) is 0 Å². The molecule has 2 atom stereocenters. The predicted octanol–water partition coefficient (Wildman–Crippen LogP) is 2.19. The minimum Gasteiger partial charge on any atom is -0.339 e. The van der Waals surface area contributed by atoms with E-state index in [-0.39, 0.29) is 0 Å². The van der Waals surface area contributed by atoms with Gasteiger partial charge in [-0.3, -0.25) is 4.79 Å². The maximum Gasteiger partial charge on any atom is 0.222 e. The molecule has 2 rings (SSSR count). The molecule has 13 heavy (non-hydrogen) atoms. The largest absolute Gasteiger partial charge is 0.339 e. The Kier molecular flexibility index (Phi) is 2.56. The van der Waals surface area contributed by atoms with Gasteiger partial charge in [0.15, 0.2) is 0 Å². The third kappa shape index (κ3) is 1.59. The first kappa shape index (κ1) is 9.04. The van der Waals surface area contributed by atoms with Gasteiger partial charge in [-0.05, 0) is 31.6 Å². The summed E-state index contributed by atoms with van der Waals surface area (Å²) in [6.45, 7) is 3.28. The Morgan fingerprint density at radius 3 is 3.00 bits per heavy atom. The molecule has 0 aliphatic carbocycles. The molecule has 0 bridgehead atoms. The molecule has 0 unspecified atom stereocenters. The highest BCUT2D eigenvalue weighted by Crippen LogP contribution is 2.32.